The van der Waals surface area contributed by atoms with Crippen molar-refractivity contribution in [3.8, 4) is 0 Å². The topological polar surface area (TPSA) is 60.1 Å². The van der Waals surface area contributed by atoms with Gasteiger partial charge in [0.2, 0.25) is 0 Å². The number of fused-ring (bicyclic) bond motifs is 1. The summed E-state index contributed by atoms with van der Waals surface area (Å²) < 4.78 is 3.58. The van der Waals surface area contributed by atoms with Gasteiger partial charge in [-0.05, 0) is 42.7 Å². The largest absolute Gasteiger partial charge is 0.337 e. The van der Waals surface area contributed by atoms with Crippen LogP contribution in [0.2, 0.25) is 0 Å². The van der Waals surface area contributed by atoms with Gasteiger partial charge in [0, 0.05) is 24.8 Å². The average Bonchev–Trinajstić information content (AvgIpc) is 3.11. The lowest BCUT2D eigenvalue weighted by atomic mass is 10.0. The summed E-state index contributed by atoms with van der Waals surface area (Å²) in [4.78, 5) is 32.9. The molecule has 0 aliphatic carbocycles. The molecule has 6 heteroatoms. The van der Waals surface area contributed by atoms with E-state index in [0.29, 0.717) is 30.8 Å². The van der Waals surface area contributed by atoms with E-state index in [4.69, 9.17) is 0 Å². The lowest BCUT2D eigenvalue weighted by Crippen LogP contribution is -2.43. The fourth-order valence-electron chi connectivity index (χ4n) is 4.47. The fourth-order valence-corrected chi connectivity index (χ4v) is 4.47. The normalized spacial score (nSPS) is 16.5. The number of pyridine rings is 1. The number of benzene rings is 2. The van der Waals surface area contributed by atoms with Gasteiger partial charge < -0.3 is 4.90 Å². The molecule has 1 fully saturated rings. The van der Waals surface area contributed by atoms with Crippen molar-refractivity contribution in [2.45, 2.75) is 25.4 Å². The molecule has 0 bridgehead atoms. The monoisotopic (exact) mass is 412 g/mol. The van der Waals surface area contributed by atoms with Gasteiger partial charge in [-0.25, -0.2) is 9.78 Å². The number of carbonyl (C=O) groups excluding carboxylic acids is 1. The van der Waals surface area contributed by atoms with E-state index in [0.717, 1.165) is 23.9 Å². The molecule has 3 heterocycles. The van der Waals surface area contributed by atoms with Crippen LogP contribution in [-0.2, 0) is 6.54 Å². The Morgan fingerprint density at radius 1 is 0.968 bits per heavy atom. The first kappa shape index (κ1) is 19.3. The Hall–Kier alpha value is -3.67. The molecule has 5 rings (SSSR count). The number of likely N-dealkylation sites (tertiary alicyclic amines) is 1. The minimum atomic E-state index is -0.0941. The predicted octanol–water partition coefficient (Wildman–Crippen LogP) is 3.72. The Morgan fingerprint density at radius 3 is 2.48 bits per heavy atom. The van der Waals surface area contributed by atoms with Crippen molar-refractivity contribution < 1.29 is 4.79 Å². The van der Waals surface area contributed by atoms with Crippen molar-refractivity contribution >= 4 is 17.1 Å². The van der Waals surface area contributed by atoms with Crippen LogP contribution in [0.3, 0.4) is 0 Å². The Kier molecular flexibility index (Phi) is 5.12. The van der Waals surface area contributed by atoms with Crippen LogP contribution in [0.25, 0.3) is 11.2 Å². The third-order valence-electron chi connectivity index (χ3n) is 5.98. The van der Waals surface area contributed by atoms with Crippen LogP contribution in [0.15, 0.2) is 83.8 Å². The van der Waals surface area contributed by atoms with E-state index < -0.39 is 0 Å². The van der Waals surface area contributed by atoms with Crippen LogP contribution in [-0.4, -0.2) is 38.0 Å². The molecule has 0 spiro atoms. The molecule has 2 aromatic heterocycles. The molecule has 1 amide bonds. The smallest absolute Gasteiger partial charge is 0.330 e. The maximum Gasteiger partial charge on any atom is 0.330 e. The third-order valence-corrected chi connectivity index (χ3v) is 5.98. The molecule has 1 atom stereocenters. The highest BCUT2D eigenvalue weighted by atomic mass is 16.2. The third kappa shape index (κ3) is 3.65. The Labute approximate surface area is 180 Å². The second kappa shape index (κ2) is 8.22. The number of amides is 1. The molecule has 1 aliphatic rings. The van der Waals surface area contributed by atoms with E-state index in [1.54, 1.807) is 15.3 Å². The lowest BCUT2D eigenvalue weighted by molar-refractivity contribution is 0.0679. The van der Waals surface area contributed by atoms with Crippen LogP contribution in [0.5, 0.6) is 0 Å². The summed E-state index contributed by atoms with van der Waals surface area (Å²) in [6.07, 6.45) is 3.42. The van der Waals surface area contributed by atoms with Crippen molar-refractivity contribution in [1.29, 1.82) is 0 Å². The van der Waals surface area contributed by atoms with Crippen LogP contribution >= 0.6 is 0 Å². The van der Waals surface area contributed by atoms with Gasteiger partial charge in [-0.2, -0.15) is 0 Å². The van der Waals surface area contributed by atoms with Crippen molar-refractivity contribution in [1.82, 2.24) is 19.0 Å². The summed E-state index contributed by atoms with van der Waals surface area (Å²) in [5.74, 6) is 0.0133. The molecular weight excluding hydrogens is 388 g/mol. The molecule has 1 saturated heterocycles. The first-order valence-electron chi connectivity index (χ1n) is 10.7. The zero-order valence-corrected chi connectivity index (χ0v) is 17.2. The second-order valence-electron chi connectivity index (χ2n) is 7.98. The van der Waals surface area contributed by atoms with E-state index in [1.807, 2.05) is 77.7 Å². The molecule has 0 N–H and O–H groups in total. The zero-order valence-electron chi connectivity index (χ0n) is 17.2. The SMILES string of the molecule is O=C(c1ccccc1)N1CCC[C@H](n2c(=O)n(Cc3ccccc3)c3cccnc32)C1. The molecule has 2 aromatic carbocycles. The van der Waals surface area contributed by atoms with Crippen molar-refractivity contribution in [3.63, 3.8) is 0 Å². The molecule has 0 radical (unpaired) electrons. The number of aromatic nitrogens is 3. The fraction of sp³-hybridized carbons (Fsp3) is 0.240. The summed E-state index contributed by atoms with van der Waals surface area (Å²) in [5.41, 5.74) is 3.18. The number of rotatable bonds is 4. The van der Waals surface area contributed by atoms with Gasteiger partial charge in [0.1, 0.15) is 0 Å². The summed E-state index contributed by atoms with van der Waals surface area (Å²) in [6, 6.07) is 23.0. The number of imidazole rings is 1. The highest BCUT2D eigenvalue weighted by molar-refractivity contribution is 5.94. The maximum atomic E-state index is 13.5. The Bertz CT molecular complexity index is 1260. The summed E-state index contributed by atoms with van der Waals surface area (Å²) >= 11 is 0. The minimum absolute atomic E-state index is 0.0133. The van der Waals surface area contributed by atoms with Crippen molar-refractivity contribution in [3.05, 3.63) is 101 Å². The van der Waals surface area contributed by atoms with Crippen LogP contribution in [0, 0.1) is 0 Å². The van der Waals surface area contributed by atoms with Gasteiger partial charge >= 0.3 is 5.69 Å². The maximum absolute atomic E-state index is 13.5. The van der Waals surface area contributed by atoms with Gasteiger partial charge in [0.25, 0.3) is 5.91 Å². The number of carbonyl (C=O) groups is 1. The first-order chi connectivity index (χ1) is 15.2. The lowest BCUT2D eigenvalue weighted by Gasteiger charge is -2.33. The first-order valence-corrected chi connectivity index (χ1v) is 10.7. The average molecular weight is 412 g/mol. The minimum Gasteiger partial charge on any atom is -0.337 e. The molecular formula is C25H24N4O2. The van der Waals surface area contributed by atoms with Crippen molar-refractivity contribution in [2.24, 2.45) is 0 Å². The molecule has 0 saturated carbocycles. The number of piperidine rings is 1. The van der Waals surface area contributed by atoms with Crippen LogP contribution < -0.4 is 5.69 Å². The molecule has 4 aromatic rings. The molecule has 0 unspecified atom stereocenters. The van der Waals surface area contributed by atoms with Gasteiger partial charge in [-0.3, -0.25) is 13.9 Å². The predicted molar refractivity (Wildman–Crippen MR) is 120 cm³/mol. The van der Waals surface area contributed by atoms with Crippen LogP contribution in [0.4, 0.5) is 0 Å². The van der Waals surface area contributed by atoms with E-state index in [1.165, 1.54) is 0 Å². The number of hydrogen-bond donors (Lipinski definition) is 0. The highest BCUT2D eigenvalue weighted by Crippen LogP contribution is 2.25. The highest BCUT2D eigenvalue weighted by Gasteiger charge is 2.29. The second-order valence-corrected chi connectivity index (χ2v) is 7.98. The van der Waals surface area contributed by atoms with E-state index in [-0.39, 0.29) is 17.6 Å². The van der Waals surface area contributed by atoms with Gasteiger partial charge in [0.15, 0.2) is 5.65 Å². The van der Waals surface area contributed by atoms with Crippen molar-refractivity contribution in [2.75, 3.05) is 13.1 Å². The van der Waals surface area contributed by atoms with E-state index in [9.17, 15) is 9.59 Å². The Balaban J connectivity index is 1.50. The van der Waals surface area contributed by atoms with Gasteiger partial charge in [-0.1, -0.05) is 48.5 Å². The van der Waals surface area contributed by atoms with Gasteiger partial charge in [0.05, 0.1) is 18.1 Å². The van der Waals surface area contributed by atoms with E-state index in [2.05, 4.69) is 4.98 Å². The zero-order chi connectivity index (χ0) is 21.2. The number of hydrogen-bond acceptors (Lipinski definition) is 3. The van der Waals surface area contributed by atoms with E-state index >= 15 is 0 Å². The molecule has 31 heavy (non-hydrogen) atoms. The summed E-state index contributed by atoms with van der Waals surface area (Å²) in [7, 11) is 0. The summed E-state index contributed by atoms with van der Waals surface area (Å²) in [6.45, 7) is 1.71. The quantitative estimate of drug-likeness (QED) is 0.513. The standard InChI is InChI=1S/C25H24N4O2/c30-24(20-11-5-2-6-12-20)27-16-8-13-21(18-27)29-23-22(14-7-15-26-23)28(25(29)31)17-19-9-3-1-4-10-19/h1-7,9-12,14-15,21H,8,13,16-18H2/t21-/m0/s1. The van der Waals surface area contributed by atoms with Gasteiger partial charge in [-0.15, -0.1) is 0 Å². The Morgan fingerprint density at radius 2 is 1.71 bits per heavy atom. The summed E-state index contributed by atoms with van der Waals surface area (Å²) in [5, 5.41) is 0. The number of nitrogens with zero attached hydrogens (tertiary/aromatic N) is 4. The molecule has 6 nitrogen and oxygen atoms in total. The molecule has 1 aliphatic heterocycles. The van der Waals surface area contributed by atoms with Crippen LogP contribution in [0.1, 0.15) is 34.8 Å². The molecule has 156 valence electrons.